The Morgan fingerprint density at radius 1 is 1.00 bits per heavy atom. The van der Waals surface area contributed by atoms with Crippen molar-refractivity contribution >= 4 is 27.1 Å². The fourth-order valence-corrected chi connectivity index (χ4v) is 4.76. The van der Waals surface area contributed by atoms with Crippen LogP contribution in [0.2, 0.25) is 0 Å². The largest absolute Gasteiger partial charge is 0.433 e. The number of hydrogen-bond acceptors (Lipinski definition) is 6. The van der Waals surface area contributed by atoms with Gasteiger partial charge in [0.2, 0.25) is 0 Å². The molecule has 0 fully saturated rings. The summed E-state index contributed by atoms with van der Waals surface area (Å²) in [4.78, 5) is 8.00. The lowest BCUT2D eigenvalue weighted by molar-refractivity contribution is -0.142. The molecule has 4 rings (SSSR count). The van der Waals surface area contributed by atoms with E-state index in [1.165, 1.54) is 6.92 Å². The van der Waals surface area contributed by atoms with Gasteiger partial charge in [-0.15, -0.1) is 0 Å². The van der Waals surface area contributed by atoms with E-state index in [9.17, 15) is 39.3 Å². The molecule has 0 aliphatic rings. The second-order valence-corrected chi connectivity index (χ2v) is 9.63. The van der Waals surface area contributed by atoms with Crippen molar-refractivity contribution in [3.8, 4) is 23.1 Å². The number of aryl methyl sites for hydroxylation is 1. The molecular formula is C20H10F6N4O3S2. The third kappa shape index (κ3) is 4.99. The molecule has 4 aromatic rings. The first-order valence-electron chi connectivity index (χ1n) is 9.25. The fraction of sp³-hybridized carbons (Fsp3) is 0.150. The van der Waals surface area contributed by atoms with Crippen LogP contribution >= 0.6 is 11.3 Å². The van der Waals surface area contributed by atoms with Gasteiger partial charge in [0, 0.05) is 5.56 Å². The molecule has 0 bridgehead atoms. The van der Waals surface area contributed by atoms with Crippen LogP contribution in [-0.4, -0.2) is 32.6 Å². The third-order valence-electron chi connectivity index (χ3n) is 4.56. The molecule has 0 radical (unpaired) electrons. The minimum absolute atomic E-state index is 0.000508. The number of alkyl halides is 6. The zero-order chi connectivity index (χ0) is 25.8. The highest BCUT2D eigenvalue weighted by molar-refractivity contribution is 7.88. The summed E-state index contributed by atoms with van der Waals surface area (Å²) >= 11 is 0.562. The van der Waals surface area contributed by atoms with E-state index in [2.05, 4.69) is 26.9 Å². The number of halogens is 6. The monoisotopic (exact) mass is 532 g/mol. The predicted octanol–water partition coefficient (Wildman–Crippen LogP) is 4.85. The Morgan fingerprint density at radius 2 is 1.66 bits per heavy atom. The van der Waals surface area contributed by atoms with E-state index in [1.54, 1.807) is 0 Å². The second kappa shape index (κ2) is 8.33. The van der Waals surface area contributed by atoms with E-state index in [0.29, 0.717) is 21.9 Å². The van der Waals surface area contributed by atoms with Gasteiger partial charge in [-0.2, -0.15) is 39.9 Å². The Hall–Kier alpha value is -3.48. The molecule has 3 aromatic heterocycles. The molecule has 0 saturated carbocycles. The van der Waals surface area contributed by atoms with Gasteiger partial charge in [0.25, 0.3) is 0 Å². The van der Waals surface area contributed by atoms with Gasteiger partial charge >= 0.3 is 22.5 Å². The maximum absolute atomic E-state index is 13.7. The van der Waals surface area contributed by atoms with Crippen LogP contribution in [0.1, 0.15) is 27.5 Å². The Bertz CT molecular complexity index is 1610. The maximum Gasteiger partial charge on any atom is 0.433 e. The normalized spacial score (nSPS) is 12.6. The zero-order valence-electron chi connectivity index (χ0n) is 17.1. The summed E-state index contributed by atoms with van der Waals surface area (Å²) in [7, 11) is -4.53. The number of nitrogens with zero attached hydrogens (tertiary/aromatic N) is 4. The van der Waals surface area contributed by atoms with Crippen LogP contribution in [0.25, 0.3) is 16.9 Å². The molecule has 0 saturated heterocycles. The van der Waals surface area contributed by atoms with E-state index < -0.39 is 37.9 Å². The highest BCUT2D eigenvalue weighted by Crippen LogP contribution is 2.34. The minimum Gasteiger partial charge on any atom is -0.281 e. The van der Waals surface area contributed by atoms with E-state index >= 15 is 0 Å². The molecule has 0 spiro atoms. The van der Waals surface area contributed by atoms with Crippen LogP contribution in [-0.2, 0) is 22.5 Å². The lowest BCUT2D eigenvalue weighted by Gasteiger charge is -2.12. The summed E-state index contributed by atoms with van der Waals surface area (Å²) in [5.41, 5.74) is -2.89. The van der Waals surface area contributed by atoms with Crippen LogP contribution in [0, 0.1) is 18.8 Å². The molecule has 0 amide bonds. The van der Waals surface area contributed by atoms with Crippen molar-refractivity contribution in [1.82, 2.24) is 19.6 Å². The average Bonchev–Trinajstić information content (AvgIpc) is 3.33. The summed E-state index contributed by atoms with van der Waals surface area (Å²) in [5, 5.41) is 3.63. The van der Waals surface area contributed by atoms with E-state index in [4.69, 9.17) is 0 Å². The number of hydrogen-bond donors (Lipinski definition) is 1. The van der Waals surface area contributed by atoms with Crippen molar-refractivity contribution in [2.45, 2.75) is 23.5 Å². The number of aromatic nitrogens is 4. The van der Waals surface area contributed by atoms with Gasteiger partial charge in [-0.1, -0.05) is 29.4 Å². The summed E-state index contributed by atoms with van der Waals surface area (Å²) in [6, 6.07) is 4.10. The Kier molecular flexibility index (Phi) is 5.86. The first kappa shape index (κ1) is 24.6. The minimum atomic E-state index is -4.88. The van der Waals surface area contributed by atoms with E-state index in [1.807, 2.05) is 0 Å². The first-order valence-corrected chi connectivity index (χ1v) is 11.5. The van der Waals surface area contributed by atoms with Gasteiger partial charge in [0.05, 0.1) is 28.7 Å². The highest BCUT2D eigenvalue weighted by Gasteiger charge is 2.36. The van der Waals surface area contributed by atoms with Crippen LogP contribution in [0.5, 0.6) is 0 Å². The number of thiazole rings is 1. The second-order valence-electron chi connectivity index (χ2n) is 7.01. The molecule has 1 aromatic carbocycles. The van der Waals surface area contributed by atoms with Crippen molar-refractivity contribution in [2.24, 2.45) is 0 Å². The standard InChI is InChI=1S/C20H10F6N4O3S2/c1-10-18(35(31,32)33)34-16(28-10)7-4-12-9-27-30-15(20(24,25)26)8-14(29-17(12)30)11-2-5-13(6-3-11)19(21,22)23/h2-3,5-6,8-9H,1H3,(H,31,32,33). The lowest BCUT2D eigenvalue weighted by Crippen LogP contribution is -2.13. The van der Waals surface area contributed by atoms with Gasteiger partial charge in [-0.25, -0.2) is 14.5 Å². The smallest absolute Gasteiger partial charge is 0.281 e. The third-order valence-corrected chi connectivity index (χ3v) is 7.08. The van der Waals surface area contributed by atoms with Crippen LogP contribution in [0.3, 0.4) is 0 Å². The lowest BCUT2D eigenvalue weighted by atomic mass is 10.1. The van der Waals surface area contributed by atoms with Gasteiger partial charge in [0.15, 0.2) is 20.6 Å². The van der Waals surface area contributed by atoms with Gasteiger partial charge < -0.3 is 0 Å². The number of rotatable bonds is 2. The molecule has 7 nitrogen and oxygen atoms in total. The van der Waals surface area contributed by atoms with E-state index in [-0.39, 0.29) is 33.2 Å². The van der Waals surface area contributed by atoms with Gasteiger partial charge in [0.1, 0.15) is 0 Å². The van der Waals surface area contributed by atoms with Crippen molar-refractivity contribution in [2.75, 3.05) is 0 Å². The number of fused-ring (bicyclic) bond motifs is 1. The highest BCUT2D eigenvalue weighted by atomic mass is 32.3. The van der Waals surface area contributed by atoms with Crippen molar-refractivity contribution in [3.63, 3.8) is 0 Å². The van der Waals surface area contributed by atoms with Crippen molar-refractivity contribution in [1.29, 1.82) is 0 Å². The predicted molar refractivity (Wildman–Crippen MR) is 111 cm³/mol. The van der Waals surface area contributed by atoms with Crippen LogP contribution in [0.4, 0.5) is 26.3 Å². The van der Waals surface area contributed by atoms with Crippen LogP contribution < -0.4 is 0 Å². The van der Waals surface area contributed by atoms with Crippen molar-refractivity contribution in [3.05, 3.63) is 64.1 Å². The fourth-order valence-electron chi connectivity index (χ4n) is 3.03. The molecule has 0 aliphatic carbocycles. The molecule has 0 unspecified atom stereocenters. The molecule has 0 atom stereocenters. The maximum atomic E-state index is 13.7. The summed E-state index contributed by atoms with van der Waals surface area (Å²) < 4.78 is 112. The zero-order valence-corrected chi connectivity index (χ0v) is 18.7. The summed E-state index contributed by atoms with van der Waals surface area (Å²) in [5.74, 6) is 5.02. The molecule has 15 heteroatoms. The molecule has 1 N–H and O–H groups in total. The Labute approximate surface area is 196 Å². The molecule has 3 heterocycles. The molecule has 182 valence electrons. The van der Waals surface area contributed by atoms with Gasteiger partial charge in [-0.3, -0.25) is 4.55 Å². The first-order chi connectivity index (χ1) is 16.1. The quantitative estimate of drug-likeness (QED) is 0.225. The molecule has 0 aliphatic heterocycles. The summed E-state index contributed by atoms with van der Waals surface area (Å²) in [6.45, 7) is 1.33. The van der Waals surface area contributed by atoms with Gasteiger partial charge in [-0.05, 0) is 31.0 Å². The average molecular weight is 532 g/mol. The SMILES string of the molecule is Cc1nc(C#Cc2cnn3c(C(F)(F)F)cc(-c4ccc(C(F)(F)F)cc4)nc23)sc1S(=O)(=O)O. The Morgan fingerprint density at radius 3 is 2.20 bits per heavy atom. The Balaban J connectivity index is 1.84. The molecule has 35 heavy (non-hydrogen) atoms. The van der Waals surface area contributed by atoms with Crippen LogP contribution in [0.15, 0.2) is 40.7 Å². The summed E-state index contributed by atoms with van der Waals surface area (Å²) in [6.07, 6.45) is -8.49. The van der Waals surface area contributed by atoms with E-state index in [0.717, 1.165) is 30.5 Å². The van der Waals surface area contributed by atoms with Crippen molar-refractivity contribution < 1.29 is 39.3 Å². The topological polar surface area (TPSA) is 97.5 Å². The number of benzene rings is 1. The molecular weight excluding hydrogens is 522 g/mol.